The molecule has 0 saturated carbocycles. The van der Waals surface area contributed by atoms with E-state index in [4.69, 9.17) is 15.2 Å². The molecule has 4 N–H and O–H groups in total. The Kier molecular flexibility index (Phi) is 6.24. The zero-order valence-corrected chi connectivity index (χ0v) is 17.7. The number of anilines is 1. The van der Waals surface area contributed by atoms with Gasteiger partial charge in [-0.2, -0.15) is 0 Å². The molecule has 1 amide bonds. The fraction of sp³-hybridized carbons (Fsp3) is 0.364. The van der Waals surface area contributed by atoms with Gasteiger partial charge in [0.05, 0.1) is 12.4 Å². The summed E-state index contributed by atoms with van der Waals surface area (Å²) in [6, 6.07) is 8.21. The van der Waals surface area contributed by atoms with Crippen molar-refractivity contribution in [3.8, 4) is 0 Å². The zero-order valence-electron chi connectivity index (χ0n) is 17.7. The number of amides is 1. The van der Waals surface area contributed by atoms with Crippen LogP contribution < -0.4 is 16.1 Å². The van der Waals surface area contributed by atoms with Gasteiger partial charge >= 0.3 is 0 Å². The van der Waals surface area contributed by atoms with E-state index < -0.39 is 5.91 Å². The molecule has 9 heteroatoms. The number of hydrogen-bond donors (Lipinski definition) is 4. The van der Waals surface area contributed by atoms with Crippen LogP contribution in [0.1, 0.15) is 55.7 Å². The standard InChI is InChI=1S/C22H27N7O2/c1-14(2)29-13-25-19-21(26-20(27-22(19)29)17-4-3-11-23-17)24-12-16-7-5-15(6-8-16)9-10-18(30)28-31/h5-10,13-14,17,23,31H,3-4,11-12H2,1-2H3,(H,28,30)(H,24,26,27)/b10-9+. The van der Waals surface area contributed by atoms with Crippen molar-refractivity contribution in [2.75, 3.05) is 11.9 Å². The highest BCUT2D eigenvalue weighted by molar-refractivity contribution is 5.90. The first kappa shape index (κ1) is 21.0. The fourth-order valence-corrected chi connectivity index (χ4v) is 3.64. The second-order valence-corrected chi connectivity index (χ2v) is 7.90. The molecular formula is C22H27N7O2. The Balaban J connectivity index is 1.56. The van der Waals surface area contributed by atoms with Crippen LogP contribution in [0.4, 0.5) is 5.82 Å². The van der Waals surface area contributed by atoms with Crippen LogP contribution in [0.3, 0.4) is 0 Å². The van der Waals surface area contributed by atoms with Crippen LogP contribution in [0, 0.1) is 0 Å². The number of hydrogen-bond acceptors (Lipinski definition) is 7. The van der Waals surface area contributed by atoms with Crippen LogP contribution in [0.2, 0.25) is 0 Å². The molecule has 1 unspecified atom stereocenters. The highest BCUT2D eigenvalue weighted by Crippen LogP contribution is 2.27. The van der Waals surface area contributed by atoms with E-state index in [1.165, 1.54) is 6.08 Å². The maximum absolute atomic E-state index is 11.1. The van der Waals surface area contributed by atoms with E-state index in [2.05, 4.69) is 34.0 Å². The highest BCUT2D eigenvalue weighted by atomic mass is 16.5. The quantitative estimate of drug-likeness (QED) is 0.263. The molecule has 1 aromatic carbocycles. The molecule has 1 fully saturated rings. The number of imidazole rings is 1. The lowest BCUT2D eigenvalue weighted by Crippen LogP contribution is -2.17. The van der Waals surface area contributed by atoms with Gasteiger partial charge in [-0.1, -0.05) is 24.3 Å². The van der Waals surface area contributed by atoms with Crippen LogP contribution in [0.5, 0.6) is 0 Å². The SMILES string of the molecule is CC(C)n1cnc2c(NCc3ccc(/C=C/C(=O)NO)cc3)nc(C3CCCN3)nc21. The number of aromatic nitrogens is 4. The van der Waals surface area contributed by atoms with E-state index in [9.17, 15) is 4.79 Å². The number of hydroxylamine groups is 1. The molecule has 1 aliphatic heterocycles. The van der Waals surface area contributed by atoms with Crippen molar-refractivity contribution >= 4 is 29.0 Å². The lowest BCUT2D eigenvalue weighted by atomic mass is 10.1. The predicted octanol–water partition coefficient (Wildman–Crippen LogP) is 2.96. The van der Waals surface area contributed by atoms with Gasteiger partial charge in [-0.25, -0.2) is 20.4 Å². The number of nitrogens with one attached hydrogen (secondary N) is 3. The van der Waals surface area contributed by atoms with Gasteiger partial charge in [-0.3, -0.25) is 10.0 Å². The maximum atomic E-state index is 11.1. The Morgan fingerprint density at radius 3 is 2.81 bits per heavy atom. The van der Waals surface area contributed by atoms with Crippen molar-refractivity contribution in [3.05, 3.63) is 53.6 Å². The van der Waals surface area contributed by atoms with Crippen LogP contribution in [-0.4, -0.2) is 37.2 Å². The Hall–Kier alpha value is -3.30. The van der Waals surface area contributed by atoms with Crippen molar-refractivity contribution in [2.24, 2.45) is 0 Å². The highest BCUT2D eigenvalue weighted by Gasteiger charge is 2.22. The average Bonchev–Trinajstić information content (AvgIpc) is 3.46. The van der Waals surface area contributed by atoms with Crippen LogP contribution in [-0.2, 0) is 11.3 Å². The van der Waals surface area contributed by atoms with Gasteiger partial charge < -0.3 is 15.2 Å². The minimum atomic E-state index is -0.563. The third-order valence-corrected chi connectivity index (χ3v) is 5.34. The van der Waals surface area contributed by atoms with Gasteiger partial charge in [-0.15, -0.1) is 0 Å². The predicted molar refractivity (Wildman–Crippen MR) is 118 cm³/mol. The van der Waals surface area contributed by atoms with E-state index in [0.717, 1.165) is 53.3 Å². The Morgan fingerprint density at radius 2 is 2.13 bits per heavy atom. The van der Waals surface area contributed by atoms with Crippen LogP contribution >= 0.6 is 0 Å². The molecule has 3 heterocycles. The third kappa shape index (κ3) is 4.73. The normalized spacial score (nSPS) is 16.5. The third-order valence-electron chi connectivity index (χ3n) is 5.34. The fourth-order valence-electron chi connectivity index (χ4n) is 3.64. The molecule has 1 saturated heterocycles. The minimum Gasteiger partial charge on any atom is -0.364 e. The first-order chi connectivity index (χ1) is 15.0. The molecule has 0 spiro atoms. The molecular weight excluding hydrogens is 394 g/mol. The van der Waals surface area contributed by atoms with E-state index in [1.54, 1.807) is 11.6 Å². The molecule has 162 valence electrons. The molecule has 0 radical (unpaired) electrons. The summed E-state index contributed by atoms with van der Waals surface area (Å²) in [7, 11) is 0. The van der Waals surface area contributed by atoms with E-state index in [1.807, 2.05) is 30.6 Å². The second-order valence-electron chi connectivity index (χ2n) is 7.90. The van der Waals surface area contributed by atoms with Crippen LogP contribution in [0.15, 0.2) is 36.7 Å². The van der Waals surface area contributed by atoms with Gasteiger partial charge in [0.2, 0.25) is 0 Å². The lowest BCUT2D eigenvalue weighted by Gasteiger charge is -2.14. The van der Waals surface area contributed by atoms with Gasteiger partial charge in [0.25, 0.3) is 5.91 Å². The lowest BCUT2D eigenvalue weighted by molar-refractivity contribution is -0.124. The molecule has 1 aliphatic rings. The van der Waals surface area contributed by atoms with Crippen molar-refractivity contribution in [1.82, 2.24) is 30.3 Å². The van der Waals surface area contributed by atoms with Crippen molar-refractivity contribution in [3.63, 3.8) is 0 Å². The van der Waals surface area contributed by atoms with E-state index >= 15 is 0 Å². The summed E-state index contributed by atoms with van der Waals surface area (Å²) < 4.78 is 2.07. The largest absolute Gasteiger partial charge is 0.364 e. The smallest absolute Gasteiger partial charge is 0.267 e. The molecule has 0 bridgehead atoms. The summed E-state index contributed by atoms with van der Waals surface area (Å²) in [5.74, 6) is 0.973. The van der Waals surface area contributed by atoms with Crippen molar-refractivity contribution < 1.29 is 10.0 Å². The number of nitrogens with zero attached hydrogens (tertiary/aromatic N) is 4. The number of carbonyl (C=O) groups excluding carboxylic acids is 1. The molecule has 2 aromatic heterocycles. The van der Waals surface area contributed by atoms with Crippen molar-refractivity contribution in [1.29, 1.82) is 0 Å². The minimum absolute atomic E-state index is 0.169. The topological polar surface area (TPSA) is 117 Å². The molecule has 0 aliphatic carbocycles. The molecule has 1 atom stereocenters. The molecule has 9 nitrogen and oxygen atoms in total. The first-order valence-electron chi connectivity index (χ1n) is 10.5. The van der Waals surface area contributed by atoms with Gasteiger partial charge in [0, 0.05) is 18.7 Å². The van der Waals surface area contributed by atoms with E-state index in [-0.39, 0.29) is 12.1 Å². The summed E-state index contributed by atoms with van der Waals surface area (Å²) in [6.45, 7) is 5.80. The number of rotatable bonds is 7. The van der Waals surface area contributed by atoms with E-state index in [0.29, 0.717) is 6.54 Å². The Bertz CT molecular complexity index is 1080. The molecule has 4 rings (SSSR count). The van der Waals surface area contributed by atoms with Crippen molar-refractivity contribution in [2.45, 2.75) is 45.3 Å². The van der Waals surface area contributed by atoms with Gasteiger partial charge in [-0.05, 0) is 50.4 Å². The average molecular weight is 422 g/mol. The second kappa shape index (κ2) is 9.23. The van der Waals surface area contributed by atoms with Gasteiger partial charge in [0.15, 0.2) is 11.5 Å². The summed E-state index contributed by atoms with van der Waals surface area (Å²) in [5, 5.41) is 15.5. The molecule has 31 heavy (non-hydrogen) atoms. The number of fused-ring (bicyclic) bond motifs is 1. The number of carbonyl (C=O) groups is 1. The zero-order chi connectivity index (χ0) is 21.8. The number of benzene rings is 1. The summed E-state index contributed by atoms with van der Waals surface area (Å²) in [5.41, 5.74) is 5.12. The monoisotopic (exact) mass is 421 g/mol. The molecule has 3 aromatic rings. The Morgan fingerprint density at radius 1 is 1.32 bits per heavy atom. The summed E-state index contributed by atoms with van der Waals surface area (Å²) in [6.07, 6.45) is 6.89. The first-order valence-corrected chi connectivity index (χ1v) is 10.5. The van der Waals surface area contributed by atoms with Crippen LogP contribution in [0.25, 0.3) is 17.2 Å². The van der Waals surface area contributed by atoms with Gasteiger partial charge in [0.1, 0.15) is 11.3 Å². The Labute approximate surface area is 180 Å². The maximum Gasteiger partial charge on any atom is 0.267 e. The summed E-state index contributed by atoms with van der Waals surface area (Å²) in [4.78, 5) is 25.3. The summed E-state index contributed by atoms with van der Waals surface area (Å²) >= 11 is 0.